The Bertz CT molecular complexity index is 683. The summed E-state index contributed by atoms with van der Waals surface area (Å²) in [5.74, 6) is -1.91. The number of thiophene rings is 1. The lowest BCUT2D eigenvalue weighted by Gasteiger charge is -2.51. The Morgan fingerprint density at radius 1 is 1.41 bits per heavy atom. The maximum absolute atomic E-state index is 12.4. The summed E-state index contributed by atoms with van der Waals surface area (Å²) in [6.45, 7) is 3.03. The molecule has 3 heterocycles. The molecule has 2 N–H and O–H groups in total. The van der Waals surface area contributed by atoms with Gasteiger partial charge in [0, 0.05) is 11.8 Å². The number of aliphatic carboxylic acids is 1. The van der Waals surface area contributed by atoms with Gasteiger partial charge in [0.1, 0.15) is 22.4 Å². The standard InChI is InChI=1S/C14H14N2O4S2/c1-6-10(14(19)20)16-12(18)9(8-4-3-5-21-8)13(16)22-11(6)15-7(2)17/h3-5,9,11,13H,1-2H3,(H,15,17)(H,19,20)/t9?,11?,13-/m1/s1. The summed E-state index contributed by atoms with van der Waals surface area (Å²) in [6.07, 6.45) is 0. The van der Waals surface area contributed by atoms with Crippen LogP contribution in [0.2, 0.25) is 0 Å². The molecule has 0 saturated carbocycles. The third-order valence-electron chi connectivity index (χ3n) is 3.71. The number of β-lactam (4-membered cyclic amide) rings is 1. The number of hydrogen-bond acceptors (Lipinski definition) is 5. The fourth-order valence-corrected chi connectivity index (χ4v) is 5.24. The molecule has 2 aliphatic heterocycles. The molecule has 1 saturated heterocycles. The minimum atomic E-state index is -1.14. The van der Waals surface area contributed by atoms with E-state index in [0.29, 0.717) is 5.57 Å². The molecule has 3 atom stereocenters. The van der Waals surface area contributed by atoms with Crippen LogP contribution in [-0.4, -0.2) is 38.5 Å². The van der Waals surface area contributed by atoms with Crippen LogP contribution in [0.5, 0.6) is 0 Å². The van der Waals surface area contributed by atoms with E-state index in [2.05, 4.69) is 5.32 Å². The van der Waals surface area contributed by atoms with Crippen molar-refractivity contribution in [3.8, 4) is 0 Å². The van der Waals surface area contributed by atoms with Crippen LogP contribution >= 0.6 is 23.1 Å². The number of nitrogens with one attached hydrogen (secondary N) is 1. The van der Waals surface area contributed by atoms with Gasteiger partial charge in [0.05, 0.1) is 0 Å². The van der Waals surface area contributed by atoms with E-state index in [-0.39, 0.29) is 28.8 Å². The maximum Gasteiger partial charge on any atom is 0.352 e. The molecule has 2 aliphatic rings. The van der Waals surface area contributed by atoms with E-state index in [9.17, 15) is 19.5 Å². The van der Waals surface area contributed by atoms with E-state index >= 15 is 0 Å². The van der Waals surface area contributed by atoms with Crippen LogP contribution in [0.25, 0.3) is 0 Å². The van der Waals surface area contributed by atoms with Gasteiger partial charge in [-0.1, -0.05) is 6.07 Å². The SMILES string of the molecule is CC(=O)NC1S[C@@H]2C(c3cccs3)C(=O)N2C(C(=O)O)=C1C. The normalized spacial score (nSPS) is 27.3. The molecule has 3 rings (SSSR count). The lowest BCUT2D eigenvalue weighted by molar-refractivity contribution is -0.148. The summed E-state index contributed by atoms with van der Waals surface area (Å²) in [5, 5.41) is 13.4. The molecule has 2 unspecified atom stereocenters. The third-order valence-corrected chi connectivity index (χ3v) is 6.17. The molecule has 0 radical (unpaired) electrons. The van der Waals surface area contributed by atoms with Crippen molar-refractivity contribution in [2.75, 3.05) is 0 Å². The van der Waals surface area contributed by atoms with Gasteiger partial charge >= 0.3 is 5.97 Å². The topological polar surface area (TPSA) is 86.7 Å². The molecule has 0 aliphatic carbocycles. The second-order valence-electron chi connectivity index (χ2n) is 5.15. The van der Waals surface area contributed by atoms with Crippen LogP contribution in [0, 0.1) is 0 Å². The van der Waals surface area contributed by atoms with Crippen molar-refractivity contribution in [3.63, 3.8) is 0 Å². The first-order valence-electron chi connectivity index (χ1n) is 6.65. The van der Waals surface area contributed by atoms with Gasteiger partial charge in [0.2, 0.25) is 11.8 Å². The number of nitrogens with zero attached hydrogens (tertiary/aromatic N) is 1. The molecule has 1 aromatic heterocycles. The van der Waals surface area contributed by atoms with E-state index in [1.807, 2.05) is 17.5 Å². The third kappa shape index (κ3) is 2.22. The van der Waals surface area contributed by atoms with E-state index in [0.717, 1.165) is 4.88 Å². The number of thioether (sulfide) groups is 1. The Balaban J connectivity index is 1.98. The molecule has 6 nitrogen and oxygen atoms in total. The summed E-state index contributed by atoms with van der Waals surface area (Å²) >= 11 is 2.89. The first kappa shape index (κ1) is 15.1. The van der Waals surface area contributed by atoms with Gasteiger partial charge in [0.15, 0.2) is 0 Å². The number of rotatable bonds is 3. The second kappa shape index (κ2) is 5.44. The van der Waals surface area contributed by atoms with Gasteiger partial charge in [-0.25, -0.2) is 4.79 Å². The number of amides is 2. The van der Waals surface area contributed by atoms with Crippen LogP contribution < -0.4 is 5.32 Å². The first-order chi connectivity index (χ1) is 10.4. The lowest BCUT2D eigenvalue weighted by Crippen LogP contribution is -2.61. The molecule has 2 amide bonds. The van der Waals surface area contributed by atoms with Crippen molar-refractivity contribution in [1.82, 2.24) is 10.2 Å². The van der Waals surface area contributed by atoms with Crippen LogP contribution in [0.3, 0.4) is 0 Å². The highest BCUT2D eigenvalue weighted by molar-refractivity contribution is 8.00. The molecule has 116 valence electrons. The molecule has 1 aromatic rings. The van der Waals surface area contributed by atoms with E-state index in [4.69, 9.17) is 0 Å². The summed E-state index contributed by atoms with van der Waals surface area (Å²) in [7, 11) is 0. The largest absolute Gasteiger partial charge is 0.477 e. The molecule has 0 bridgehead atoms. The molecule has 0 spiro atoms. The lowest BCUT2D eigenvalue weighted by atomic mass is 9.94. The van der Waals surface area contributed by atoms with E-state index in [1.54, 1.807) is 6.92 Å². The van der Waals surface area contributed by atoms with Crippen molar-refractivity contribution in [2.45, 2.75) is 30.5 Å². The van der Waals surface area contributed by atoms with Crippen LogP contribution in [0.15, 0.2) is 28.8 Å². The summed E-state index contributed by atoms with van der Waals surface area (Å²) in [5.41, 5.74) is 0.474. The zero-order valence-corrected chi connectivity index (χ0v) is 13.5. The number of carbonyl (C=O) groups is 3. The Morgan fingerprint density at radius 2 is 2.14 bits per heavy atom. The van der Waals surface area contributed by atoms with Gasteiger partial charge < -0.3 is 10.4 Å². The second-order valence-corrected chi connectivity index (χ2v) is 7.35. The number of carboxylic acid groups (broad SMARTS) is 1. The van der Waals surface area contributed by atoms with Gasteiger partial charge in [-0.15, -0.1) is 23.1 Å². The Morgan fingerprint density at radius 3 is 2.68 bits per heavy atom. The first-order valence-corrected chi connectivity index (χ1v) is 8.47. The predicted octanol–water partition coefficient (Wildman–Crippen LogP) is 1.57. The highest BCUT2D eigenvalue weighted by Gasteiger charge is 2.56. The fraction of sp³-hybridized carbons (Fsp3) is 0.357. The van der Waals surface area contributed by atoms with E-state index < -0.39 is 11.3 Å². The van der Waals surface area contributed by atoms with Crippen LogP contribution in [-0.2, 0) is 14.4 Å². The molecule has 0 aromatic carbocycles. The predicted molar refractivity (Wildman–Crippen MR) is 83.2 cm³/mol. The Kier molecular flexibility index (Phi) is 3.73. The fourth-order valence-electron chi connectivity index (χ4n) is 2.73. The molecule has 8 heteroatoms. The van der Waals surface area contributed by atoms with Crippen molar-refractivity contribution in [1.29, 1.82) is 0 Å². The van der Waals surface area contributed by atoms with Crippen molar-refractivity contribution >= 4 is 40.9 Å². The average Bonchev–Trinajstić information content (AvgIpc) is 2.94. The van der Waals surface area contributed by atoms with Gasteiger partial charge in [-0.05, 0) is 23.9 Å². The minimum absolute atomic E-state index is 0.0136. The molecule has 22 heavy (non-hydrogen) atoms. The maximum atomic E-state index is 12.4. The average molecular weight is 338 g/mol. The number of hydrogen-bond donors (Lipinski definition) is 2. The van der Waals surface area contributed by atoms with Crippen LogP contribution in [0.1, 0.15) is 24.6 Å². The van der Waals surface area contributed by atoms with Crippen molar-refractivity contribution in [2.24, 2.45) is 0 Å². The highest BCUT2D eigenvalue weighted by atomic mass is 32.2. The summed E-state index contributed by atoms with van der Waals surface area (Å²) in [6, 6.07) is 3.75. The van der Waals surface area contributed by atoms with Crippen molar-refractivity contribution in [3.05, 3.63) is 33.7 Å². The zero-order valence-electron chi connectivity index (χ0n) is 11.9. The number of fused-ring (bicyclic) bond motifs is 1. The monoisotopic (exact) mass is 338 g/mol. The molecular formula is C14H14N2O4S2. The molecular weight excluding hydrogens is 324 g/mol. The smallest absolute Gasteiger partial charge is 0.352 e. The number of carboxylic acids is 1. The van der Waals surface area contributed by atoms with Crippen LogP contribution in [0.4, 0.5) is 0 Å². The van der Waals surface area contributed by atoms with E-state index in [1.165, 1.54) is 34.9 Å². The summed E-state index contributed by atoms with van der Waals surface area (Å²) < 4.78 is 0. The number of carbonyl (C=O) groups excluding carboxylic acids is 2. The van der Waals surface area contributed by atoms with Gasteiger partial charge in [0.25, 0.3) is 0 Å². The van der Waals surface area contributed by atoms with Gasteiger partial charge in [-0.2, -0.15) is 0 Å². The quantitative estimate of drug-likeness (QED) is 0.817. The Labute approximate surface area is 135 Å². The van der Waals surface area contributed by atoms with Gasteiger partial charge in [-0.3, -0.25) is 14.5 Å². The summed E-state index contributed by atoms with van der Waals surface area (Å²) in [4.78, 5) is 37.6. The molecule has 1 fully saturated rings. The highest BCUT2D eigenvalue weighted by Crippen LogP contribution is 2.51. The van der Waals surface area contributed by atoms with Crippen molar-refractivity contribution < 1.29 is 19.5 Å². The zero-order chi connectivity index (χ0) is 16.0. The minimum Gasteiger partial charge on any atom is -0.477 e. The Hall–Kier alpha value is -1.80.